The fourth-order valence-electron chi connectivity index (χ4n) is 7.71. The number of rotatable bonds is 4. The van der Waals surface area contributed by atoms with Gasteiger partial charge in [0.2, 0.25) is 11.4 Å². The second-order valence-corrected chi connectivity index (χ2v) is 12.9. The molecule has 5 heterocycles. The number of para-hydroxylation sites is 3. The van der Waals surface area contributed by atoms with Crippen LogP contribution in [-0.4, -0.2) is 14.5 Å². The van der Waals surface area contributed by atoms with E-state index in [1.54, 1.807) is 0 Å². The minimum absolute atomic E-state index is 0.318. The number of benzene rings is 6. The second kappa shape index (κ2) is 10.8. The monoisotopic (exact) mass is 667 g/mol. The quantitative estimate of drug-likeness (QED) is 0.186. The first-order valence-corrected chi connectivity index (χ1v) is 17.1. The average Bonchev–Trinajstić information content (AvgIpc) is 3.86. The molecule has 0 amide bonds. The predicted octanol–water partition coefficient (Wildman–Crippen LogP) is 11.9. The summed E-state index contributed by atoms with van der Waals surface area (Å²) in [7, 11) is 0. The van der Waals surface area contributed by atoms with Crippen molar-refractivity contribution in [1.82, 2.24) is 14.5 Å². The number of nitrogens with zero attached hydrogens (tertiary/aromatic N) is 5. The first-order chi connectivity index (χ1) is 25.7. The molecular weight excluding hydrogens is 643 g/mol. The van der Waals surface area contributed by atoms with Crippen molar-refractivity contribution >= 4 is 93.9 Å². The summed E-state index contributed by atoms with van der Waals surface area (Å²) in [6, 6.07) is 54.0. The number of anilines is 3. The minimum atomic E-state index is 0.318. The molecule has 0 radical (unpaired) electrons. The molecule has 242 valence electrons. The number of hydrogen-bond donors (Lipinski definition) is 0. The summed E-state index contributed by atoms with van der Waals surface area (Å²) >= 11 is 0. The lowest BCUT2D eigenvalue weighted by molar-refractivity contribution is 0.639. The van der Waals surface area contributed by atoms with E-state index in [4.69, 9.17) is 18.8 Å². The van der Waals surface area contributed by atoms with Crippen LogP contribution < -0.4 is 4.90 Å². The van der Waals surface area contributed by atoms with Crippen LogP contribution in [0.3, 0.4) is 0 Å². The van der Waals surface area contributed by atoms with Crippen LogP contribution in [0.15, 0.2) is 160 Å². The molecule has 0 aliphatic heterocycles. The highest BCUT2D eigenvalue weighted by Crippen LogP contribution is 2.42. The molecule has 0 unspecified atom stereocenters. The highest BCUT2D eigenvalue weighted by molar-refractivity contribution is 6.17. The Bertz CT molecular complexity index is 3220. The summed E-state index contributed by atoms with van der Waals surface area (Å²) in [6.07, 6.45) is 0. The van der Waals surface area contributed by atoms with E-state index >= 15 is 0 Å². The van der Waals surface area contributed by atoms with Gasteiger partial charge in [0.25, 0.3) is 0 Å². The lowest BCUT2D eigenvalue weighted by atomic mass is 10.1. The number of pyridine rings is 2. The number of hydrogen-bond acceptors (Lipinski definition) is 6. The van der Waals surface area contributed by atoms with Crippen molar-refractivity contribution < 1.29 is 8.83 Å². The maximum atomic E-state index is 10.5. The van der Waals surface area contributed by atoms with Crippen molar-refractivity contribution in [1.29, 1.82) is 5.26 Å². The van der Waals surface area contributed by atoms with E-state index in [-0.39, 0.29) is 0 Å². The largest absolute Gasteiger partial charge is 0.436 e. The summed E-state index contributed by atoms with van der Waals surface area (Å²) in [5.41, 5.74) is 6.16. The molecule has 0 saturated heterocycles. The number of nitriles is 1. The molecule has 0 bridgehead atoms. The smallest absolute Gasteiger partial charge is 0.229 e. The van der Waals surface area contributed by atoms with Gasteiger partial charge in [0.05, 0.1) is 11.0 Å². The lowest BCUT2D eigenvalue weighted by Gasteiger charge is -2.24. The molecule has 52 heavy (non-hydrogen) atoms. The second-order valence-electron chi connectivity index (χ2n) is 12.9. The van der Waals surface area contributed by atoms with Gasteiger partial charge in [0.1, 0.15) is 23.3 Å². The molecule has 7 nitrogen and oxygen atoms in total. The van der Waals surface area contributed by atoms with E-state index in [0.717, 1.165) is 65.9 Å². The molecule has 7 heteroatoms. The fraction of sp³-hybridized carbons (Fsp3) is 0. The Morgan fingerprint density at radius 2 is 1.12 bits per heavy atom. The molecule has 11 rings (SSSR count). The van der Waals surface area contributed by atoms with Gasteiger partial charge in [-0.1, -0.05) is 84.9 Å². The van der Waals surface area contributed by atoms with Gasteiger partial charge >= 0.3 is 0 Å². The van der Waals surface area contributed by atoms with Gasteiger partial charge in [-0.2, -0.15) is 15.2 Å². The molecule has 0 fully saturated rings. The van der Waals surface area contributed by atoms with Crippen molar-refractivity contribution in [2.45, 2.75) is 0 Å². The number of aromatic nitrogens is 3. The normalized spacial score (nSPS) is 11.8. The maximum Gasteiger partial charge on any atom is 0.229 e. The van der Waals surface area contributed by atoms with Crippen molar-refractivity contribution in [3.8, 4) is 11.9 Å². The Labute approximate surface area is 295 Å². The van der Waals surface area contributed by atoms with Crippen molar-refractivity contribution in [2.24, 2.45) is 0 Å². The minimum Gasteiger partial charge on any atom is -0.436 e. The zero-order valence-corrected chi connectivity index (χ0v) is 27.5. The van der Waals surface area contributed by atoms with Gasteiger partial charge in [-0.15, -0.1) is 0 Å². The van der Waals surface area contributed by atoms with Gasteiger partial charge < -0.3 is 8.83 Å². The van der Waals surface area contributed by atoms with Gasteiger partial charge in [-0.25, -0.2) is 0 Å². The molecule has 0 N–H and O–H groups in total. The topological polar surface area (TPSA) is 84.0 Å². The molecule has 0 atom stereocenters. The third-order valence-electron chi connectivity index (χ3n) is 10.1. The van der Waals surface area contributed by atoms with Crippen LogP contribution >= 0.6 is 0 Å². The van der Waals surface area contributed by atoms with Crippen LogP contribution in [0, 0.1) is 11.3 Å². The van der Waals surface area contributed by atoms with E-state index in [9.17, 15) is 5.26 Å². The Balaban J connectivity index is 1.08. The highest BCUT2D eigenvalue weighted by Gasteiger charge is 2.23. The molecule has 6 aromatic carbocycles. The van der Waals surface area contributed by atoms with Gasteiger partial charge in [-0.3, -0.25) is 9.47 Å². The van der Waals surface area contributed by atoms with Gasteiger partial charge in [0.15, 0.2) is 11.2 Å². The van der Waals surface area contributed by atoms with Crippen LogP contribution in [0.5, 0.6) is 0 Å². The van der Waals surface area contributed by atoms with Crippen LogP contribution in [0.1, 0.15) is 5.56 Å². The molecule has 11 aromatic rings. The molecule has 0 aliphatic rings. The standard InChI is InChI=1S/C45H25N5O2/c46-26-37-42-35(25-36-34-21-23-41(48-45(34)52-43(36)37)50-38-16-8-6-14-31(38)32-15-7-9-17-39(32)50)33-20-22-40(47-44(33)51-42)49(29-12-2-1-3-13-29)30-19-18-27-10-4-5-11-28(27)24-30/h1-25H. The summed E-state index contributed by atoms with van der Waals surface area (Å²) in [4.78, 5) is 12.2. The third kappa shape index (κ3) is 4.06. The molecule has 0 saturated carbocycles. The van der Waals surface area contributed by atoms with Crippen molar-refractivity contribution in [3.05, 3.63) is 157 Å². The Morgan fingerprint density at radius 1 is 0.500 bits per heavy atom. The van der Waals surface area contributed by atoms with E-state index < -0.39 is 0 Å². The number of fused-ring (bicyclic) bond motifs is 10. The van der Waals surface area contributed by atoms with E-state index in [2.05, 4.69) is 94.4 Å². The number of furan rings is 2. The zero-order chi connectivity index (χ0) is 34.3. The van der Waals surface area contributed by atoms with Gasteiger partial charge in [0, 0.05) is 43.7 Å². The van der Waals surface area contributed by atoms with Crippen molar-refractivity contribution in [3.63, 3.8) is 0 Å². The zero-order valence-electron chi connectivity index (χ0n) is 27.5. The maximum absolute atomic E-state index is 10.5. The van der Waals surface area contributed by atoms with Crippen molar-refractivity contribution in [2.75, 3.05) is 4.90 Å². The van der Waals surface area contributed by atoms with E-state index in [1.807, 2.05) is 72.8 Å². The summed E-state index contributed by atoms with van der Waals surface area (Å²) in [6.45, 7) is 0. The van der Waals surface area contributed by atoms with Crippen LogP contribution in [0.4, 0.5) is 17.2 Å². The highest BCUT2D eigenvalue weighted by atomic mass is 16.4. The summed E-state index contributed by atoms with van der Waals surface area (Å²) in [5.74, 6) is 1.44. The molecular formula is C45H25N5O2. The van der Waals surface area contributed by atoms with Gasteiger partial charge in [-0.05, 0) is 77.5 Å². The van der Waals surface area contributed by atoms with E-state index in [1.165, 1.54) is 5.39 Å². The van der Waals surface area contributed by atoms with Crippen LogP contribution in [0.2, 0.25) is 0 Å². The Kier molecular flexibility index (Phi) is 5.89. The van der Waals surface area contributed by atoms with Crippen LogP contribution in [-0.2, 0) is 0 Å². The third-order valence-corrected chi connectivity index (χ3v) is 10.1. The Morgan fingerprint density at radius 3 is 1.83 bits per heavy atom. The van der Waals surface area contributed by atoms with Crippen LogP contribution in [0.25, 0.3) is 82.5 Å². The summed E-state index contributed by atoms with van der Waals surface area (Å²) < 4.78 is 15.0. The predicted molar refractivity (Wildman–Crippen MR) is 208 cm³/mol. The average molecular weight is 668 g/mol. The first kappa shape index (κ1) is 28.4. The molecule has 0 spiro atoms. The Hall–Kier alpha value is -7.43. The first-order valence-electron chi connectivity index (χ1n) is 17.1. The molecule has 5 aromatic heterocycles. The summed E-state index contributed by atoms with van der Waals surface area (Å²) in [5, 5.41) is 18.4. The SMILES string of the molecule is N#Cc1c2oc3nc(N(c4ccccc4)c4ccc5ccccc5c4)ccc3c2cc2c1oc1nc(-n3c4ccccc4c4ccccc43)ccc12. The fourth-order valence-corrected chi connectivity index (χ4v) is 7.71. The molecule has 0 aliphatic carbocycles. The van der Waals surface area contributed by atoms with E-state index in [0.29, 0.717) is 34.0 Å². The lowest BCUT2D eigenvalue weighted by Crippen LogP contribution is -2.11.